The number of hydrogen-bond donors (Lipinski definition) is 2. The van der Waals surface area contributed by atoms with Crippen LogP contribution < -0.4 is 5.73 Å². The summed E-state index contributed by atoms with van der Waals surface area (Å²) in [5, 5.41) is 0. The Hall–Kier alpha value is -0.890. The van der Waals surface area contributed by atoms with Crippen molar-refractivity contribution in [3.8, 4) is 0 Å². The second-order valence-electron chi connectivity index (χ2n) is 5.16. The minimum absolute atomic E-state index is 0.316. The highest BCUT2D eigenvalue weighted by Crippen LogP contribution is 2.22. The fourth-order valence-electron chi connectivity index (χ4n) is 2.43. The Morgan fingerprint density at radius 3 is 2.53 bits per heavy atom. The molecule has 3 N–H and O–H groups in total. The summed E-state index contributed by atoms with van der Waals surface area (Å²) in [7, 11) is 0.700. The monoisotopic (exact) mass is 286 g/mol. The zero-order valence-electron chi connectivity index (χ0n) is 11.5. The van der Waals surface area contributed by atoms with Crippen LogP contribution in [0.25, 0.3) is 0 Å². The topological polar surface area (TPSA) is 82.4 Å². The largest absolute Gasteiger partial charge is 0.363 e. The highest BCUT2D eigenvalue weighted by Gasteiger charge is 2.30. The van der Waals surface area contributed by atoms with Gasteiger partial charge in [-0.15, -0.1) is 0 Å². The van der Waals surface area contributed by atoms with Crippen LogP contribution in [-0.2, 0) is 16.6 Å². The summed E-state index contributed by atoms with van der Waals surface area (Å²) in [6.07, 6.45) is 3.27. The van der Waals surface area contributed by atoms with Gasteiger partial charge in [0, 0.05) is 37.6 Å². The van der Waals surface area contributed by atoms with Gasteiger partial charge in [-0.1, -0.05) is 0 Å². The number of H-pyrrole nitrogens is 1. The maximum atomic E-state index is 12.4. The molecule has 2 rings (SSSR count). The molecule has 0 atom stereocenters. The average molecular weight is 286 g/mol. The van der Waals surface area contributed by atoms with Crippen LogP contribution in [0.4, 0.5) is 0 Å². The van der Waals surface area contributed by atoms with E-state index in [-0.39, 0.29) is 0 Å². The summed E-state index contributed by atoms with van der Waals surface area (Å²) in [5.41, 5.74) is 6.23. The standard InChI is InChI=1S/C12H22N4O2S/c1-15(2)11-3-5-16(6-4-11)19(17,18)12-7-10(8-13)14-9-12/h7,9,11,14H,3-6,8,13H2,1-2H3. The maximum Gasteiger partial charge on any atom is 0.244 e. The zero-order chi connectivity index (χ0) is 14.0. The van der Waals surface area contributed by atoms with Gasteiger partial charge in [-0.25, -0.2) is 8.42 Å². The van der Waals surface area contributed by atoms with Crippen molar-refractivity contribution in [3.05, 3.63) is 18.0 Å². The van der Waals surface area contributed by atoms with Crippen molar-refractivity contribution < 1.29 is 8.42 Å². The third-order valence-electron chi connectivity index (χ3n) is 3.73. The molecule has 0 radical (unpaired) electrons. The highest BCUT2D eigenvalue weighted by atomic mass is 32.2. The van der Waals surface area contributed by atoms with Crippen LogP contribution >= 0.6 is 0 Å². The van der Waals surface area contributed by atoms with E-state index >= 15 is 0 Å². The Morgan fingerprint density at radius 1 is 1.42 bits per heavy atom. The lowest BCUT2D eigenvalue weighted by Gasteiger charge is -2.34. The van der Waals surface area contributed by atoms with Crippen LogP contribution in [0.5, 0.6) is 0 Å². The molecule has 0 amide bonds. The van der Waals surface area contributed by atoms with Gasteiger partial charge in [-0.3, -0.25) is 0 Å². The lowest BCUT2D eigenvalue weighted by Crippen LogP contribution is -2.44. The number of nitrogens with zero attached hydrogens (tertiary/aromatic N) is 2. The Bertz CT molecular complexity index is 516. The van der Waals surface area contributed by atoms with E-state index in [1.165, 1.54) is 6.20 Å². The number of piperidine rings is 1. The second kappa shape index (κ2) is 5.62. The van der Waals surface area contributed by atoms with E-state index in [0.717, 1.165) is 18.5 Å². The summed E-state index contributed by atoms with van der Waals surface area (Å²) in [6, 6.07) is 2.09. The molecule has 0 aromatic carbocycles. The molecule has 1 saturated heterocycles. The number of hydrogen-bond acceptors (Lipinski definition) is 4. The van der Waals surface area contributed by atoms with E-state index < -0.39 is 10.0 Å². The van der Waals surface area contributed by atoms with E-state index in [2.05, 4.69) is 9.88 Å². The van der Waals surface area contributed by atoms with E-state index in [0.29, 0.717) is 30.6 Å². The summed E-state index contributed by atoms with van der Waals surface area (Å²) >= 11 is 0. The first kappa shape index (κ1) is 14.5. The summed E-state index contributed by atoms with van der Waals surface area (Å²) in [6.45, 7) is 1.47. The number of sulfonamides is 1. The Kier molecular flexibility index (Phi) is 4.29. The van der Waals surface area contributed by atoms with E-state index in [4.69, 9.17) is 5.73 Å². The molecule has 0 saturated carbocycles. The van der Waals surface area contributed by atoms with Gasteiger partial charge in [0.25, 0.3) is 0 Å². The lowest BCUT2D eigenvalue weighted by molar-refractivity contribution is 0.196. The predicted molar refractivity (Wildman–Crippen MR) is 74.2 cm³/mol. The maximum absolute atomic E-state index is 12.4. The normalized spacial score (nSPS) is 19.2. The van der Waals surface area contributed by atoms with Gasteiger partial charge >= 0.3 is 0 Å². The van der Waals surface area contributed by atoms with Crippen molar-refractivity contribution in [2.24, 2.45) is 5.73 Å². The van der Waals surface area contributed by atoms with Gasteiger partial charge in [0.15, 0.2) is 0 Å². The number of nitrogens with two attached hydrogens (primary N) is 1. The van der Waals surface area contributed by atoms with Crippen LogP contribution in [-0.4, -0.2) is 55.8 Å². The highest BCUT2D eigenvalue weighted by molar-refractivity contribution is 7.89. The van der Waals surface area contributed by atoms with Gasteiger partial charge in [-0.05, 0) is 33.0 Å². The molecule has 1 aromatic heterocycles. The smallest absolute Gasteiger partial charge is 0.244 e. The van der Waals surface area contributed by atoms with Crippen molar-refractivity contribution in [1.82, 2.24) is 14.2 Å². The second-order valence-corrected chi connectivity index (χ2v) is 7.10. The van der Waals surface area contributed by atoms with E-state index in [1.54, 1.807) is 10.4 Å². The van der Waals surface area contributed by atoms with Crippen LogP contribution in [0.1, 0.15) is 18.5 Å². The Morgan fingerprint density at radius 2 is 2.05 bits per heavy atom. The van der Waals surface area contributed by atoms with Gasteiger partial charge in [0.05, 0.1) is 4.90 Å². The summed E-state index contributed by atoms with van der Waals surface area (Å²) < 4.78 is 26.5. The lowest BCUT2D eigenvalue weighted by atomic mass is 10.1. The van der Waals surface area contributed by atoms with Crippen molar-refractivity contribution in [2.45, 2.75) is 30.3 Å². The first-order chi connectivity index (χ1) is 8.95. The SMILES string of the molecule is CN(C)C1CCN(S(=O)(=O)c2c[nH]c(CN)c2)CC1. The Labute approximate surface area is 114 Å². The first-order valence-electron chi connectivity index (χ1n) is 6.49. The molecule has 0 bridgehead atoms. The summed E-state index contributed by atoms with van der Waals surface area (Å²) in [5.74, 6) is 0. The molecule has 1 fully saturated rings. The van der Waals surface area contributed by atoms with Gasteiger partial charge < -0.3 is 15.6 Å². The summed E-state index contributed by atoms with van der Waals surface area (Å²) in [4.78, 5) is 5.36. The zero-order valence-corrected chi connectivity index (χ0v) is 12.3. The average Bonchev–Trinajstić information content (AvgIpc) is 2.88. The molecular weight excluding hydrogens is 264 g/mol. The molecule has 6 nitrogen and oxygen atoms in total. The van der Waals surface area contributed by atoms with E-state index in [9.17, 15) is 8.42 Å². The molecular formula is C12H22N4O2S. The van der Waals surface area contributed by atoms with Gasteiger partial charge in [0.2, 0.25) is 10.0 Å². The van der Waals surface area contributed by atoms with E-state index in [1.807, 2.05) is 14.1 Å². The molecule has 2 heterocycles. The molecule has 0 spiro atoms. The molecule has 1 aliphatic rings. The van der Waals surface area contributed by atoms with Crippen molar-refractivity contribution in [3.63, 3.8) is 0 Å². The number of aromatic nitrogens is 1. The molecule has 1 aliphatic heterocycles. The molecule has 1 aromatic rings. The molecule has 19 heavy (non-hydrogen) atoms. The number of aromatic amines is 1. The van der Waals surface area contributed by atoms with Crippen molar-refractivity contribution >= 4 is 10.0 Å². The number of nitrogens with one attached hydrogen (secondary N) is 1. The van der Waals surface area contributed by atoms with Crippen LogP contribution in [0, 0.1) is 0 Å². The van der Waals surface area contributed by atoms with Crippen LogP contribution in [0.3, 0.4) is 0 Å². The van der Waals surface area contributed by atoms with Crippen molar-refractivity contribution in [1.29, 1.82) is 0 Å². The van der Waals surface area contributed by atoms with Gasteiger partial charge in [0.1, 0.15) is 0 Å². The quantitative estimate of drug-likeness (QED) is 0.827. The third kappa shape index (κ3) is 3.00. The Balaban J connectivity index is 2.09. The number of rotatable bonds is 4. The molecule has 7 heteroatoms. The fourth-order valence-corrected chi connectivity index (χ4v) is 3.92. The minimum atomic E-state index is -3.37. The van der Waals surface area contributed by atoms with Crippen molar-refractivity contribution in [2.75, 3.05) is 27.2 Å². The molecule has 0 aliphatic carbocycles. The fraction of sp³-hybridized carbons (Fsp3) is 0.667. The predicted octanol–water partition coefficient (Wildman–Crippen LogP) is 0.188. The molecule has 108 valence electrons. The van der Waals surface area contributed by atoms with Gasteiger partial charge in [-0.2, -0.15) is 4.31 Å². The van der Waals surface area contributed by atoms with Crippen LogP contribution in [0.2, 0.25) is 0 Å². The minimum Gasteiger partial charge on any atom is -0.363 e. The third-order valence-corrected chi connectivity index (χ3v) is 5.60. The molecule has 0 unspecified atom stereocenters. The van der Waals surface area contributed by atoms with Crippen LogP contribution in [0.15, 0.2) is 17.2 Å². The first-order valence-corrected chi connectivity index (χ1v) is 7.93.